The number of fused-ring (bicyclic) bond motifs is 3. The maximum Gasteiger partial charge on any atom is 0.121 e. The van der Waals surface area contributed by atoms with Gasteiger partial charge in [-0.15, -0.1) is 0 Å². The summed E-state index contributed by atoms with van der Waals surface area (Å²) in [5, 5.41) is 25.6. The second kappa shape index (κ2) is 10.3. The first-order chi connectivity index (χ1) is 16.5. The molecule has 0 amide bonds. The van der Waals surface area contributed by atoms with Crippen LogP contribution in [0.2, 0.25) is 10.0 Å². The van der Waals surface area contributed by atoms with Crippen LogP contribution in [0.3, 0.4) is 0 Å². The second-order valence-corrected chi connectivity index (χ2v) is 10.4. The van der Waals surface area contributed by atoms with Gasteiger partial charge in [-0.3, -0.25) is 0 Å². The molecule has 5 rings (SSSR count). The Morgan fingerprint density at radius 3 is 2.12 bits per heavy atom. The van der Waals surface area contributed by atoms with E-state index in [1.807, 2.05) is 42.5 Å². The molecule has 0 radical (unpaired) electrons. The van der Waals surface area contributed by atoms with Crippen molar-refractivity contribution < 1.29 is 15.1 Å². The molecule has 34 heavy (non-hydrogen) atoms. The molecule has 1 heterocycles. The van der Waals surface area contributed by atoms with Crippen molar-refractivity contribution in [3.63, 3.8) is 0 Å². The number of halogens is 2. The van der Waals surface area contributed by atoms with Crippen LogP contribution in [-0.4, -0.2) is 39.6 Å². The van der Waals surface area contributed by atoms with Crippen LogP contribution in [0, 0.1) is 0 Å². The molecule has 1 aliphatic carbocycles. The Bertz CT molecular complexity index is 1210. The van der Waals surface area contributed by atoms with E-state index in [1.165, 1.54) is 10.5 Å². The van der Waals surface area contributed by atoms with E-state index in [-0.39, 0.29) is 12.1 Å². The number of nitrogens with zero attached hydrogens (tertiary/aromatic N) is 1. The monoisotopic (exact) mass is 497 g/mol. The molecule has 4 aromatic rings. The zero-order valence-corrected chi connectivity index (χ0v) is 20.6. The van der Waals surface area contributed by atoms with Crippen molar-refractivity contribution in [2.45, 2.75) is 57.0 Å². The van der Waals surface area contributed by atoms with E-state index in [0.717, 1.165) is 54.0 Å². The third-order valence-electron chi connectivity index (χ3n) is 7.21. The quantitative estimate of drug-likeness (QED) is 0.341. The van der Waals surface area contributed by atoms with Crippen molar-refractivity contribution in [3.8, 4) is 0 Å². The van der Waals surface area contributed by atoms with Crippen LogP contribution in [0.25, 0.3) is 21.8 Å². The lowest BCUT2D eigenvalue weighted by molar-refractivity contribution is -0.946. The molecule has 4 nitrogen and oxygen atoms in total. The van der Waals surface area contributed by atoms with Crippen LogP contribution in [0.1, 0.15) is 31.2 Å². The number of aliphatic hydroxyl groups excluding tert-OH is 2. The maximum absolute atomic E-state index is 11.3. The summed E-state index contributed by atoms with van der Waals surface area (Å²) >= 11 is 12.6. The lowest BCUT2D eigenvalue weighted by atomic mass is 9.90. The predicted molar refractivity (Wildman–Crippen MR) is 140 cm³/mol. The Morgan fingerprint density at radius 2 is 1.50 bits per heavy atom. The molecular weight excluding hydrogens is 467 g/mol. The molecular formula is C28H31Cl2N2O2+. The van der Waals surface area contributed by atoms with Gasteiger partial charge in [-0.05, 0) is 49.2 Å². The molecule has 1 saturated carbocycles. The van der Waals surface area contributed by atoms with Crippen LogP contribution in [0.15, 0.2) is 66.7 Å². The molecule has 178 valence electrons. The number of rotatable bonds is 7. The highest BCUT2D eigenvalue weighted by molar-refractivity contribution is 6.33. The van der Waals surface area contributed by atoms with E-state index in [9.17, 15) is 10.2 Å². The van der Waals surface area contributed by atoms with Gasteiger partial charge in [0.05, 0.1) is 6.54 Å². The Morgan fingerprint density at radius 1 is 0.882 bits per heavy atom. The summed E-state index contributed by atoms with van der Waals surface area (Å²) in [5.41, 5.74) is 3.29. The first-order valence-electron chi connectivity index (χ1n) is 12.1. The number of aromatic nitrogens is 1. The zero-order valence-electron chi connectivity index (χ0n) is 19.1. The summed E-state index contributed by atoms with van der Waals surface area (Å²) in [4.78, 5) is 1.25. The third kappa shape index (κ3) is 4.98. The maximum atomic E-state index is 11.3. The summed E-state index contributed by atoms with van der Waals surface area (Å²) in [5.74, 6) is 0. The van der Waals surface area contributed by atoms with Gasteiger partial charge in [0.15, 0.2) is 0 Å². The SMILES string of the molecule is O[C@@H](Cn1c2ccc(Cl)cc2c2cc(Cl)ccc21)C[NH+](Cc1ccccc1)[C@@H]1CCCC[C@@H]1O. The number of aliphatic hydroxyl groups is 2. The van der Waals surface area contributed by atoms with Gasteiger partial charge in [-0.1, -0.05) is 60.0 Å². The Hall–Kier alpha value is -2.08. The highest BCUT2D eigenvalue weighted by atomic mass is 35.5. The lowest BCUT2D eigenvalue weighted by Crippen LogP contribution is -3.17. The Kier molecular flexibility index (Phi) is 7.14. The highest BCUT2D eigenvalue weighted by Gasteiger charge is 2.33. The average Bonchev–Trinajstić information content (AvgIpc) is 3.11. The standard InChI is InChI=1S/C28H30Cl2N2O2/c29-20-10-12-25-23(14-20)24-15-21(30)11-13-26(24)32(25)18-22(33)17-31(16-19-6-2-1-3-7-19)27-8-4-5-9-28(27)34/h1-3,6-7,10-15,22,27-28,33-34H,4-5,8-9,16-18H2/p+1/t22-,27-,28+/m1/s1. The van der Waals surface area contributed by atoms with Gasteiger partial charge < -0.3 is 19.7 Å². The molecule has 3 N–H and O–H groups in total. The smallest absolute Gasteiger partial charge is 0.121 e. The van der Waals surface area contributed by atoms with E-state index >= 15 is 0 Å². The van der Waals surface area contributed by atoms with Gasteiger partial charge in [-0.25, -0.2) is 0 Å². The largest absolute Gasteiger partial charge is 0.387 e. The molecule has 0 saturated heterocycles. The summed E-state index contributed by atoms with van der Waals surface area (Å²) < 4.78 is 2.17. The minimum Gasteiger partial charge on any atom is -0.387 e. The molecule has 1 aromatic heterocycles. The van der Waals surface area contributed by atoms with Crippen molar-refractivity contribution in [1.29, 1.82) is 0 Å². The van der Waals surface area contributed by atoms with Crippen molar-refractivity contribution in [2.75, 3.05) is 6.54 Å². The van der Waals surface area contributed by atoms with Crippen LogP contribution in [0.5, 0.6) is 0 Å². The van der Waals surface area contributed by atoms with E-state index in [1.54, 1.807) is 0 Å². The summed E-state index contributed by atoms with van der Waals surface area (Å²) in [6.45, 7) is 1.82. The fourth-order valence-electron chi connectivity index (χ4n) is 5.62. The average molecular weight is 498 g/mol. The molecule has 1 fully saturated rings. The molecule has 3 aromatic carbocycles. The van der Waals surface area contributed by atoms with Crippen molar-refractivity contribution in [3.05, 3.63) is 82.3 Å². The van der Waals surface area contributed by atoms with Crippen LogP contribution < -0.4 is 4.90 Å². The predicted octanol–water partition coefficient (Wildman–Crippen LogP) is 4.85. The van der Waals surface area contributed by atoms with E-state index in [0.29, 0.717) is 23.1 Å². The fraction of sp³-hybridized carbons (Fsp3) is 0.357. The van der Waals surface area contributed by atoms with Gasteiger partial charge in [0, 0.05) is 43.8 Å². The van der Waals surface area contributed by atoms with E-state index in [4.69, 9.17) is 23.2 Å². The number of nitrogens with one attached hydrogen (secondary N) is 1. The Labute approximate surface area is 210 Å². The van der Waals surface area contributed by atoms with Gasteiger partial charge >= 0.3 is 0 Å². The van der Waals surface area contributed by atoms with Crippen LogP contribution in [-0.2, 0) is 13.1 Å². The molecule has 1 unspecified atom stereocenters. The minimum absolute atomic E-state index is 0.138. The summed E-state index contributed by atoms with van der Waals surface area (Å²) in [7, 11) is 0. The molecule has 0 aliphatic heterocycles. The molecule has 6 heteroatoms. The number of benzene rings is 3. The lowest BCUT2D eigenvalue weighted by Gasteiger charge is -2.36. The van der Waals surface area contributed by atoms with Gasteiger partial charge in [0.25, 0.3) is 0 Å². The Balaban J connectivity index is 1.44. The summed E-state index contributed by atoms with van der Waals surface area (Å²) in [6, 6.07) is 22.2. The van der Waals surface area contributed by atoms with E-state index in [2.05, 4.69) is 28.8 Å². The number of hydrogen-bond acceptors (Lipinski definition) is 2. The third-order valence-corrected chi connectivity index (χ3v) is 7.68. The fourth-order valence-corrected chi connectivity index (χ4v) is 5.97. The van der Waals surface area contributed by atoms with Crippen LogP contribution >= 0.6 is 23.2 Å². The summed E-state index contributed by atoms with van der Waals surface area (Å²) in [6.07, 6.45) is 3.14. The molecule has 0 spiro atoms. The van der Waals surface area contributed by atoms with Crippen molar-refractivity contribution in [2.24, 2.45) is 0 Å². The zero-order chi connectivity index (χ0) is 23.7. The minimum atomic E-state index is -0.571. The number of quaternary nitrogens is 1. The molecule has 0 bridgehead atoms. The first-order valence-corrected chi connectivity index (χ1v) is 12.9. The first kappa shape index (κ1) is 23.7. The normalized spacial score (nSPS) is 20.6. The van der Waals surface area contributed by atoms with Gasteiger partial charge in [-0.2, -0.15) is 0 Å². The van der Waals surface area contributed by atoms with E-state index < -0.39 is 6.10 Å². The molecule has 4 atom stereocenters. The van der Waals surface area contributed by atoms with Crippen molar-refractivity contribution >= 4 is 45.0 Å². The second-order valence-electron chi connectivity index (χ2n) is 9.57. The van der Waals surface area contributed by atoms with Gasteiger partial charge in [0.2, 0.25) is 0 Å². The van der Waals surface area contributed by atoms with Gasteiger partial charge in [0.1, 0.15) is 31.3 Å². The van der Waals surface area contributed by atoms with Crippen molar-refractivity contribution in [1.82, 2.24) is 4.57 Å². The van der Waals surface area contributed by atoms with Crippen LogP contribution in [0.4, 0.5) is 0 Å². The molecule has 1 aliphatic rings. The topological polar surface area (TPSA) is 49.8 Å². The number of hydrogen-bond donors (Lipinski definition) is 3. The highest BCUT2D eigenvalue weighted by Crippen LogP contribution is 2.33.